The van der Waals surface area contributed by atoms with E-state index in [0.717, 1.165) is 0 Å². The second kappa shape index (κ2) is 7.29. The van der Waals surface area contributed by atoms with Gasteiger partial charge in [-0.15, -0.1) is 0 Å². The Morgan fingerprint density at radius 1 is 1.34 bits per heavy atom. The maximum Gasteiger partial charge on any atom is 0.328 e. The fourth-order valence-electron chi connectivity index (χ4n) is 4.05. The minimum absolute atomic E-state index is 0.0648. The summed E-state index contributed by atoms with van der Waals surface area (Å²) in [6, 6.07) is 5.97. The summed E-state index contributed by atoms with van der Waals surface area (Å²) < 4.78 is 0. The van der Waals surface area contributed by atoms with Crippen LogP contribution in [0.15, 0.2) is 29.4 Å². The number of nitrogens with one attached hydrogen (secondary N) is 1. The molecule has 2 saturated heterocycles. The molecule has 0 aromatic heterocycles. The number of halogens is 1. The van der Waals surface area contributed by atoms with E-state index in [1.807, 2.05) is 4.90 Å². The van der Waals surface area contributed by atoms with Gasteiger partial charge in [-0.1, -0.05) is 29.8 Å². The molecule has 3 atom stereocenters. The Labute approximate surface area is 172 Å². The molecule has 2 N–H and O–H groups in total. The molecule has 10 nitrogen and oxygen atoms in total. The maximum absolute atomic E-state index is 13.3. The molecule has 3 unspecified atom stereocenters. The average Bonchev–Trinajstić information content (AvgIpc) is 3.04. The first-order valence-corrected chi connectivity index (χ1v) is 9.51. The molecule has 0 saturated carbocycles. The van der Waals surface area contributed by atoms with Crippen molar-refractivity contribution in [3.05, 3.63) is 34.9 Å². The van der Waals surface area contributed by atoms with E-state index in [1.165, 1.54) is 14.8 Å². The maximum atomic E-state index is 13.3. The fraction of sp³-hybridized carbons (Fsp3) is 0.444. The van der Waals surface area contributed by atoms with E-state index in [2.05, 4.69) is 10.4 Å². The SMILES string of the molecule is CC1=NN(CC(=O)O)C2NC3C(C(=O)N(Cc4ccccc4Cl)C(=O)N3C)N2C1. The molecule has 3 heterocycles. The molecule has 11 heteroatoms. The molecule has 0 bridgehead atoms. The normalized spacial score (nSPS) is 27.1. The number of hydrazone groups is 1. The van der Waals surface area contributed by atoms with Gasteiger partial charge in [-0.05, 0) is 18.6 Å². The number of imide groups is 1. The van der Waals surface area contributed by atoms with Gasteiger partial charge in [-0.2, -0.15) is 5.10 Å². The summed E-state index contributed by atoms with van der Waals surface area (Å²) in [5, 5.41) is 18.6. The number of aliphatic carboxylic acids is 1. The van der Waals surface area contributed by atoms with Crippen LogP contribution in [0.2, 0.25) is 5.02 Å². The van der Waals surface area contributed by atoms with Crippen LogP contribution in [-0.4, -0.2) is 87.1 Å². The first-order chi connectivity index (χ1) is 13.8. The number of carbonyl (C=O) groups excluding carboxylic acids is 2. The molecule has 4 rings (SSSR count). The Morgan fingerprint density at radius 3 is 2.76 bits per heavy atom. The molecule has 3 aliphatic rings. The third-order valence-electron chi connectivity index (χ3n) is 5.34. The Bertz CT molecular complexity index is 908. The van der Waals surface area contributed by atoms with Crippen LogP contribution in [0.25, 0.3) is 0 Å². The number of rotatable bonds is 4. The Hall–Kier alpha value is -2.69. The summed E-state index contributed by atoms with van der Waals surface area (Å²) in [5.74, 6) is -1.38. The van der Waals surface area contributed by atoms with Crippen LogP contribution in [0.4, 0.5) is 4.79 Å². The first kappa shape index (κ1) is 19.6. The molecule has 0 radical (unpaired) electrons. The molecule has 0 spiro atoms. The predicted octanol–water partition coefficient (Wildman–Crippen LogP) is 0.394. The van der Waals surface area contributed by atoms with Crippen molar-refractivity contribution in [3.8, 4) is 0 Å². The zero-order chi connectivity index (χ0) is 20.9. The lowest BCUT2D eigenvalue weighted by Crippen LogP contribution is -2.66. The Balaban J connectivity index is 1.64. The minimum Gasteiger partial charge on any atom is -0.480 e. The van der Waals surface area contributed by atoms with Crippen LogP contribution >= 0.6 is 11.6 Å². The smallest absolute Gasteiger partial charge is 0.328 e. The molecular weight excluding hydrogens is 400 g/mol. The number of hydrogen-bond donors (Lipinski definition) is 2. The number of benzene rings is 1. The van der Waals surface area contributed by atoms with Gasteiger partial charge in [-0.25, -0.2) is 9.69 Å². The van der Waals surface area contributed by atoms with E-state index in [1.54, 1.807) is 38.2 Å². The van der Waals surface area contributed by atoms with Gasteiger partial charge >= 0.3 is 12.0 Å². The molecular formula is C18H21ClN6O4. The van der Waals surface area contributed by atoms with Gasteiger partial charge in [0.1, 0.15) is 18.8 Å². The third-order valence-corrected chi connectivity index (χ3v) is 5.70. The van der Waals surface area contributed by atoms with E-state index in [4.69, 9.17) is 11.6 Å². The third kappa shape index (κ3) is 3.33. The summed E-state index contributed by atoms with van der Waals surface area (Å²) in [6.45, 7) is 1.92. The van der Waals surface area contributed by atoms with Crippen molar-refractivity contribution in [2.45, 2.75) is 32.0 Å². The largest absolute Gasteiger partial charge is 0.480 e. The lowest BCUT2D eigenvalue weighted by atomic mass is 10.1. The van der Waals surface area contributed by atoms with Gasteiger partial charge in [0, 0.05) is 24.3 Å². The number of hydrogen-bond acceptors (Lipinski definition) is 7. The van der Waals surface area contributed by atoms with E-state index in [-0.39, 0.29) is 19.0 Å². The summed E-state index contributed by atoms with van der Waals surface area (Å²) >= 11 is 6.22. The second-order valence-electron chi connectivity index (χ2n) is 7.34. The highest BCUT2D eigenvalue weighted by Crippen LogP contribution is 2.31. The highest BCUT2D eigenvalue weighted by atomic mass is 35.5. The van der Waals surface area contributed by atoms with Crippen LogP contribution in [-0.2, 0) is 16.1 Å². The van der Waals surface area contributed by atoms with Gasteiger partial charge < -0.3 is 10.0 Å². The molecule has 1 aromatic carbocycles. The van der Waals surface area contributed by atoms with Crippen molar-refractivity contribution < 1.29 is 19.5 Å². The van der Waals surface area contributed by atoms with Gasteiger partial charge in [0.25, 0.3) is 5.91 Å². The highest BCUT2D eigenvalue weighted by Gasteiger charge is 2.56. The van der Waals surface area contributed by atoms with Crippen molar-refractivity contribution in [2.75, 3.05) is 20.1 Å². The Kier molecular flexibility index (Phi) is 4.93. The van der Waals surface area contributed by atoms with Crippen molar-refractivity contribution in [1.82, 2.24) is 25.0 Å². The minimum atomic E-state index is -1.03. The van der Waals surface area contributed by atoms with Gasteiger partial charge in [0.2, 0.25) is 0 Å². The first-order valence-electron chi connectivity index (χ1n) is 9.14. The zero-order valence-corrected chi connectivity index (χ0v) is 16.7. The van der Waals surface area contributed by atoms with E-state index >= 15 is 0 Å². The number of fused-ring (bicyclic) bond motifs is 3. The Morgan fingerprint density at radius 2 is 2.07 bits per heavy atom. The molecule has 29 heavy (non-hydrogen) atoms. The van der Waals surface area contributed by atoms with Crippen molar-refractivity contribution in [3.63, 3.8) is 0 Å². The topological polar surface area (TPSA) is 109 Å². The summed E-state index contributed by atoms with van der Waals surface area (Å²) in [4.78, 5) is 42.0. The van der Waals surface area contributed by atoms with Gasteiger partial charge in [0.15, 0.2) is 6.29 Å². The fourth-order valence-corrected chi connectivity index (χ4v) is 4.25. The standard InChI is InChI=1S/C18H21ClN6O4/c1-10-7-23-14-15(20-17(23)25(21-10)9-13(26)27)22(2)18(29)24(16(14)28)8-11-5-3-4-6-12(11)19/h3-6,14-15,17,20H,7-9H2,1-2H3,(H,26,27). The number of likely N-dealkylation sites (N-methyl/N-ethyl adjacent to an activating group) is 1. The second-order valence-corrected chi connectivity index (χ2v) is 7.75. The van der Waals surface area contributed by atoms with Crippen LogP contribution in [0.3, 0.4) is 0 Å². The number of carboxylic acids is 1. The van der Waals surface area contributed by atoms with Crippen LogP contribution < -0.4 is 5.32 Å². The van der Waals surface area contributed by atoms with Crippen LogP contribution in [0.5, 0.6) is 0 Å². The highest BCUT2D eigenvalue weighted by molar-refractivity contribution is 6.31. The van der Waals surface area contributed by atoms with E-state index in [9.17, 15) is 19.5 Å². The quantitative estimate of drug-likeness (QED) is 0.725. The van der Waals surface area contributed by atoms with Crippen LogP contribution in [0.1, 0.15) is 12.5 Å². The predicted molar refractivity (Wildman–Crippen MR) is 104 cm³/mol. The zero-order valence-electron chi connectivity index (χ0n) is 15.9. The average molecular weight is 421 g/mol. The lowest BCUT2D eigenvalue weighted by Gasteiger charge is -2.42. The molecule has 1 aromatic rings. The monoisotopic (exact) mass is 420 g/mol. The summed E-state index contributed by atoms with van der Waals surface area (Å²) in [6.07, 6.45) is -1.18. The number of carbonyl (C=O) groups is 3. The summed E-state index contributed by atoms with van der Waals surface area (Å²) in [5.41, 5.74) is 1.36. The van der Waals surface area contributed by atoms with Gasteiger partial charge in [0.05, 0.1) is 6.54 Å². The molecule has 154 valence electrons. The van der Waals surface area contributed by atoms with Crippen molar-refractivity contribution >= 4 is 35.2 Å². The van der Waals surface area contributed by atoms with Crippen molar-refractivity contribution in [1.29, 1.82) is 0 Å². The number of urea groups is 1. The number of nitrogens with zero attached hydrogens (tertiary/aromatic N) is 5. The number of carboxylic acid groups (broad SMARTS) is 1. The van der Waals surface area contributed by atoms with Gasteiger partial charge in [-0.3, -0.25) is 24.8 Å². The van der Waals surface area contributed by atoms with E-state index < -0.39 is 30.5 Å². The molecule has 3 aliphatic heterocycles. The molecule has 3 amide bonds. The number of amides is 3. The van der Waals surface area contributed by atoms with Crippen LogP contribution in [0, 0.1) is 0 Å². The summed E-state index contributed by atoms with van der Waals surface area (Å²) in [7, 11) is 1.62. The molecule has 0 aliphatic carbocycles. The lowest BCUT2D eigenvalue weighted by molar-refractivity contribution is -0.141. The van der Waals surface area contributed by atoms with E-state index in [0.29, 0.717) is 22.8 Å². The molecule has 2 fully saturated rings. The van der Waals surface area contributed by atoms with Crippen molar-refractivity contribution in [2.24, 2.45) is 5.10 Å².